The number of hydrogen-bond donors (Lipinski definition) is 3. The van der Waals surface area contributed by atoms with E-state index in [1.807, 2.05) is 13.8 Å². The first-order valence-corrected chi connectivity index (χ1v) is 9.08. The van der Waals surface area contributed by atoms with Gasteiger partial charge in [0, 0.05) is 13.6 Å². The molecule has 9 heteroatoms. The molecule has 0 bridgehead atoms. The van der Waals surface area contributed by atoms with Crippen LogP contribution < -0.4 is 16.6 Å². The normalized spacial score (nSPS) is 12.8. The molecule has 0 amide bonds. The molecule has 0 radical (unpaired) electrons. The summed E-state index contributed by atoms with van der Waals surface area (Å²) in [5, 5.41) is 13.5. The van der Waals surface area contributed by atoms with Gasteiger partial charge < -0.3 is 19.7 Å². The van der Waals surface area contributed by atoms with Gasteiger partial charge in [0.1, 0.15) is 0 Å². The average molecular weight is 367 g/mol. The van der Waals surface area contributed by atoms with Gasteiger partial charge in [-0.05, 0) is 20.3 Å². The van der Waals surface area contributed by atoms with Crippen LogP contribution in [-0.4, -0.2) is 49.6 Å². The SMILES string of the molecule is CCCCCNc1nc2c(c(=O)[nH]c(=O)n2C)n1C[C@@H](O)COC(C)C. The summed E-state index contributed by atoms with van der Waals surface area (Å²) in [4.78, 5) is 30.9. The number of hydrogen-bond acceptors (Lipinski definition) is 6. The molecule has 0 aliphatic heterocycles. The fourth-order valence-electron chi connectivity index (χ4n) is 2.69. The molecule has 0 unspecified atom stereocenters. The lowest BCUT2D eigenvalue weighted by atomic mass is 10.2. The highest BCUT2D eigenvalue weighted by molar-refractivity contribution is 5.74. The maximum atomic E-state index is 12.3. The Balaban J connectivity index is 2.37. The number of aromatic amines is 1. The van der Waals surface area contributed by atoms with Crippen molar-refractivity contribution in [2.75, 3.05) is 18.5 Å². The Kier molecular flexibility index (Phi) is 6.98. The van der Waals surface area contributed by atoms with Gasteiger partial charge in [-0.3, -0.25) is 14.3 Å². The first kappa shape index (κ1) is 20.2. The zero-order valence-electron chi connectivity index (χ0n) is 15.9. The summed E-state index contributed by atoms with van der Waals surface area (Å²) >= 11 is 0. The highest BCUT2D eigenvalue weighted by Gasteiger charge is 2.19. The van der Waals surface area contributed by atoms with E-state index >= 15 is 0 Å². The molecule has 0 aliphatic carbocycles. The monoisotopic (exact) mass is 367 g/mol. The number of H-pyrrole nitrogens is 1. The third kappa shape index (κ3) is 4.73. The highest BCUT2D eigenvalue weighted by atomic mass is 16.5. The van der Waals surface area contributed by atoms with E-state index in [9.17, 15) is 14.7 Å². The third-order valence-corrected chi connectivity index (χ3v) is 4.09. The Hall–Kier alpha value is -2.13. The van der Waals surface area contributed by atoms with Crippen molar-refractivity contribution >= 4 is 17.1 Å². The Morgan fingerprint density at radius 1 is 1.31 bits per heavy atom. The van der Waals surface area contributed by atoms with Crippen molar-refractivity contribution in [3.63, 3.8) is 0 Å². The Morgan fingerprint density at radius 3 is 2.69 bits per heavy atom. The van der Waals surface area contributed by atoms with Crippen molar-refractivity contribution in [3.05, 3.63) is 20.8 Å². The number of unbranched alkanes of at least 4 members (excludes halogenated alkanes) is 2. The van der Waals surface area contributed by atoms with Crippen molar-refractivity contribution in [2.24, 2.45) is 7.05 Å². The summed E-state index contributed by atoms with van der Waals surface area (Å²) in [6.45, 7) is 6.88. The van der Waals surface area contributed by atoms with Crippen LogP contribution in [0, 0.1) is 0 Å². The van der Waals surface area contributed by atoms with Crippen LogP contribution >= 0.6 is 0 Å². The van der Waals surface area contributed by atoms with E-state index in [2.05, 4.69) is 22.2 Å². The first-order valence-electron chi connectivity index (χ1n) is 9.08. The van der Waals surface area contributed by atoms with E-state index in [1.165, 1.54) is 4.57 Å². The van der Waals surface area contributed by atoms with Crippen LogP contribution in [0.1, 0.15) is 40.0 Å². The van der Waals surface area contributed by atoms with Crippen molar-refractivity contribution in [1.29, 1.82) is 0 Å². The maximum absolute atomic E-state index is 12.3. The minimum absolute atomic E-state index is 0.0000416. The standard InChI is InChI=1S/C17H29N5O4/c1-5-6-7-8-18-16-19-14-13(15(24)20-17(25)21(14)4)22(16)9-12(23)10-26-11(2)3/h11-12,23H,5-10H2,1-4H3,(H,18,19)(H,20,24,25)/t12-/m1/s1. The van der Waals surface area contributed by atoms with E-state index in [4.69, 9.17) is 4.74 Å². The topological polar surface area (TPSA) is 114 Å². The number of nitrogens with one attached hydrogen (secondary N) is 2. The molecule has 0 aromatic carbocycles. The lowest BCUT2D eigenvalue weighted by Crippen LogP contribution is -2.30. The largest absolute Gasteiger partial charge is 0.389 e. The van der Waals surface area contributed by atoms with Gasteiger partial charge in [-0.2, -0.15) is 4.98 Å². The van der Waals surface area contributed by atoms with Gasteiger partial charge in [0.15, 0.2) is 11.2 Å². The lowest BCUT2D eigenvalue weighted by Gasteiger charge is -2.16. The number of ether oxygens (including phenoxy) is 1. The van der Waals surface area contributed by atoms with Gasteiger partial charge >= 0.3 is 5.69 Å². The fraction of sp³-hybridized carbons (Fsp3) is 0.706. The zero-order chi connectivity index (χ0) is 19.3. The van der Waals surface area contributed by atoms with E-state index < -0.39 is 17.4 Å². The van der Waals surface area contributed by atoms with Crippen molar-refractivity contribution in [1.82, 2.24) is 19.1 Å². The number of rotatable bonds is 10. The molecule has 0 fully saturated rings. The summed E-state index contributed by atoms with van der Waals surface area (Å²) in [6.07, 6.45) is 2.34. The Morgan fingerprint density at radius 2 is 2.04 bits per heavy atom. The van der Waals surface area contributed by atoms with Gasteiger partial charge in [-0.25, -0.2) is 4.79 Å². The minimum atomic E-state index is -0.803. The molecule has 26 heavy (non-hydrogen) atoms. The Labute approximate surface area is 152 Å². The molecule has 2 aromatic rings. The molecule has 2 aromatic heterocycles. The average Bonchev–Trinajstić information content (AvgIpc) is 2.94. The number of aromatic nitrogens is 4. The number of nitrogens with zero attached hydrogens (tertiary/aromatic N) is 3. The van der Waals surface area contributed by atoms with E-state index in [1.54, 1.807) is 11.6 Å². The quantitative estimate of drug-likeness (QED) is 0.536. The maximum Gasteiger partial charge on any atom is 0.329 e. The van der Waals surface area contributed by atoms with Crippen molar-refractivity contribution in [3.8, 4) is 0 Å². The van der Waals surface area contributed by atoms with Crippen LogP contribution in [0.5, 0.6) is 0 Å². The first-order chi connectivity index (χ1) is 12.3. The third-order valence-electron chi connectivity index (χ3n) is 4.09. The van der Waals surface area contributed by atoms with Crippen LogP contribution in [0.2, 0.25) is 0 Å². The molecular weight excluding hydrogens is 338 g/mol. The highest BCUT2D eigenvalue weighted by Crippen LogP contribution is 2.16. The predicted octanol–water partition coefficient (Wildman–Crippen LogP) is 0.811. The number of aliphatic hydroxyl groups excluding tert-OH is 1. The summed E-state index contributed by atoms with van der Waals surface area (Å²) in [5.74, 6) is 0.464. The molecule has 0 saturated heterocycles. The van der Waals surface area contributed by atoms with Crippen LogP contribution in [0.25, 0.3) is 11.2 Å². The van der Waals surface area contributed by atoms with Gasteiger partial charge in [0.2, 0.25) is 5.95 Å². The number of fused-ring (bicyclic) bond motifs is 1. The number of aliphatic hydroxyl groups is 1. The van der Waals surface area contributed by atoms with Crippen molar-refractivity contribution in [2.45, 2.75) is 58.8 Å². The lowest BCUT2D eigenvalue weighted by molar-refractivity contribution is -0.000106. The van der Waals surface area contributed by atoms with Gasteiger partial charge in [-0.1, -0.05) is 19.8 Å². The van der Waals surface area contributed by atoms with Gasteiger partial charge in [0.05, 0.1) is 25.4 Å². The van der Waals surface area contributed by atoms with Crippen LogP contribution in [0.15, 0.2) is 9.59 Å². The molecule has 0 saturated carbocycles. The molecule has 3 N–H and O–H groups in total. The second kappa shape index (κ2) is 9.00. The number of aryl methyl sites for hydroxylation is 1. The molecular formula is C17H29N5O4. The van der Waals surface area contributed by atoms with Crippen molar-refractivity contribution < 1.29 is 9.84 Å². The summed E-state index contributed by atoms with van der Waals surface area (Å²) in [5.41, 5.74) is -0.495. The molecule has 0 spiro atoms. The fourth-order valence-corrected chi connectivity index (χ4v) is 2.69. The Bertz CT molecular complexity index is 836. The summed E-state index contributed by atoms with van der Waals surface area (Å²) in [7, 11) is 1.55. The summed E-state index contributed by atoms with van der Waals surface area (Å²) in [6, 6.07) is 0. The predicted molar refractivity (Wildman–Crippen MR) is 101 cm³/mol. The smallest absolute Gasteiger partial charge is 0.329 e. The molecule has 9 nitrogen and oxygen atoms in total. The van der Waals surface area contributed by atoms with Crippen LogP contribution in [-0.2, 0) is 18.3 Å². The van der Waals surface area contributed by atoms with Gasteiger partial charge in [-0.15, -0.1) is 0 Å². The van der Waals surface area contributed by atoms with Crippen LogP contribution in [0.4, 0.5) is 5.95 Å². The molecule has 2 heterocycles. The second-order valence-electron chi connectivity index (χ2n) is 6.71. The molecule has 1 atom stereocenters. The van der Waals surface area contributed by atoms with Crippen LogP contribution in [0.3, 0.4) is 0 Å². The minimum Gasteiger partial charge on any atom is -0.389 e. The van der Waals surface area contributed by atoms with E-state index in [-0.39, 0.29) is 30.4 Å². The summed E-state index contributed by atoms with van der Waals surface area (Å²) < 4.78 is 8.36. The number of anilines is 1. The van der Waals surface area contributed by atoms with E-state index in [0.29, 0.717) is 12.5 Å². The molecule has 146 valence electrons. The zero-order valence-corrected chi connectivity index (χ0v) is 15.9. The van der Waals surface area contributed by atoms with Gasteiger partial charge in [0.25, 0.3) is 5.56 Å². The number of imidazole rings is 1. The molecule has 2 rings (SSSR count). The second-order valence-corrected chi connectivity index (χ2v) is 6.71. The van der Waals surface area contributed by atoms with E-state index in [0.717, 1.165) is 19.3 Å². The molecule has 0 aliphatic rings.